The van der Waals surface area contributed by atoms with Crippen molar-refractivity contribution in [3.63, 3.8) is 0 Å². The normalized spacial score (nSPS) is 12.3. The lowest BCUT2D eigenvalue weighted by atomic mass is 10.1. The smallest absolute Gasteiger partial charge is 0.213 e. The number of Topliss-reactive ketones (excluding diaryl/α,β-unsaturated/α-hetero) is 1. The Bertz CT molecular complexity index is 478. The Morgan fingerprint density at radius 3 is 2.50 bits per heavy atom. The van der Waals surface area contributed by atoms with Crippen molar-refractivity contribution in [3.05, 3.63) is 23.9 Å². The number of aromatic nitrogens is 1. The molecule has 0 saturated carbocycles. The zero-order chi connectivity index (χ0) is 16.8. The SMILES string of the molecule is CC(=O)Cc1ccc(OCCCCC(C)(C)[Si](C)(C)O)nc1. The Balaban J connectivity index is 2.29. The minimum absolute atomic E-state index is 0.0274. The molecule has 0 bridgehead atoms. The zero-order valence-corrected chi connectivity index (χ0v) is 15.5. The first-order valence-corrected chi connectivity index (χ1v) is 10.9. The van der Waals surface area contributed by atoms with Gasteiger partial charge in [-0.2, -0.15) is 0 Å². The predicted molar refractivity (Wildman–Crippen MR) is 91.7 cm³/mol. The molecular weight excluding hydrogens is 294 g/mol. The van der Waals surface area contributed by atoms with Crippen LogP contribution in [-0.4, -0.2) is 30.5 Å². The molecule has 5 heteroatoms. The van der Waals surface area contributed by atoms with Gasteiger partial charge in [-0.25, -0.2) is 4.98 Å². The number of ketones is 1. The number of hydrogen-bond donors (Lipinski definition) is 1. The highest BCUT2D eigenvalue weighted by atomic mass is 28.4. The summed E-state index contributed by atoms with van der Waals surface area (Å²) in [6.45, 7) is 10.5. The maximum atomic E-state index is 11.0. The first kappa shape index (κ1) is 18.8. The van der Waals surface area contributed by atoms with Gasteiger partial charge in [0.2, 0.25) is 5.88 Å². The summed E-state index contributed by atoms with van der Waals surface area (Å²) in [5, 5.41) is 0.0274. The van der Waals surface area contributed by atoms with E-state index in [1.54, 1.807) is 13.1 Å². The van der Waals surface area contributed by atoms with Crippen LogP contribution in [0.5, 0.6) is 5.88 Å². The monoisotopic (exact) mass is 323 g/mol. The second-order valence-electron chi connectivity index (χ2n) is 7.13. The highest BCUT2D eigenvalue weighted by molar-refractivity contribution is 6.72. The van der Waals surface area contributed by atoms with E-state index in [4.69, 9.17) is 4.74 Å². The molecule has 0 atom stereocenters. The summed E-state index contributed by atoms with van der Waals surface area (Å²) >= 11 is 0. The lowest BCUT2D eigenvalue weighted by molar-refractivity contribution is -0.116. The van der Waals surface area contributed by atoms with Gasteiger partial charge in [0.1, 0.15) is 5.78 Å². The molecule has 0 aromatic carbocycles. The highest BCUT2D eigenvalue weighted by Crippen LogP contribution is 2.40. The van der Waals surface area contributed by atoms with Crippen LogP contribution in [0.3, 0.4) is 0 Å². The van der Waals surface area contributed by atoms with Crippen LogP contribution in [0.1, 0.15) is 45.6 Å². The molecular formula is C17H29NO3Si. The van der Waals surface area contributed by atoms with Crippen molar-refractivity contribution in [2.45, 2.75) is 64.6 Å². The quantitative estimate of drug-likeness (QED) is 0.555. The van der Waals surface area contributed by atoms with E-state index in [0.717, 1.165) is 24.8 Å². The van der Waals surface area contributed by atoms with E-state index in [0.29, 0.717) is 18.9 Å². The van der Waals surface area contributed by atoms with Gasteiger partial charge in [0.05, 0.1) is 6.61 Å². The minimum Gasteiger partial charge on any atom is -0.478 e. The molecule has 0 amide bonds. The van der Waals surface area contributed by atoms with Crippen molar-refractivity contribution in [3.8, 4) is 5.88 Å². The predicted octanol–water partition coefficient (Wildman–Crippen LogP) is 3.74. The van der Waals surface area contributed by atoms with Crippen molar-refractivity contribution < 1.29 is 14.3 Å². The Hall–Kier alpha value is -1.20. The average molecular weight is 324 g/mol. The molecule has 1 rings (SSSR count). The average Bonchev–Trinajstić information content (AvgIpc) is 2.38. The van der Waals surface area contributed by atoms with E-state index < -0.39 is 8.32 Å². The first-order chi connectivity index (χ1) is 10.1. The molecule has 0 spiro atoms. The highest BCUT2D eigenvalue weighted by Gasteiger charge is 2.37. The number of unbranched alkanes of at least 4 members (excludes halogenated alkanes) is 1. The molecule has 1 aromatic heterocycles. The molecule has 22 heavy (non-hydrogen) atoms. The second-order valence-corrected chi connectivity index (χ2v) is 11.6. The zero-order valence-electron chi connectivity index (χ0n) is 14.5. The van der Waals surface area contributed by atoms with Gasteiger partial charge in [-0.3, -0.25) is 4.79 Å². The van der Waals surface area contributed by atoms with Crippen LogP contribution in [0.4, 0.5) is 0 Å². The van der Waals surface area contributed by atoms with Crippen LogP contribution < -0.4 is 4.74 Å². The largest absolute Gasteiger partial charge is 0.478 e. The Kier molecular flexibility index (Phi) is 6.75. The molecule has 1 aromatic rings. The van der Waals surface area contributed by atoms with Crippen LogP contribution in [0.15, 0.2) is 18.3 Å². The van der Waals surface area contributed by atoms with E-state index in [2.05, 4.69) is 18.8 Å². The van der Waals surface area contributed by atoms with Gasteiger partial charge in [-0.05, 0) is 49.9 Å². The Morgan fingerprint density at radius 1 is 1.32 bits per heavy atom. The lowest BCUT2D eigenvalue weighted by Crippen LogP contribution is -2.38. The summed E-state index contributed by atoms with van der Waals surface area (Å²) in [5.41, 5.74) is 0.914. The fourth-order valence-corrected chi connectivity index (χ4v) is 2.83. The molecule has 0 aliphatic rings. The summed E-state index contributed by atoms with van der Waals surface area (Å²) in [6, 6.07) is 3.69. The first-order valence-electron chi connectivity index (χ1n) is 7.91. The summed E-state index contributed by atoms with van der Waals surface area (Å²) in [5.74, 6) is 0.733. The standard InChI is InChI=1S/C17H29NO3Si/c1-14(19)12-15-8-9-16(18-13-15)21-11-7-6-10-17(2,3)22(4,5)20/h8-9,13,20H,6-7,10-12H2,1-5H3. The van der Waals surface area contributed by atoms with Crippen LogP contribution in [0.2, 0.25) is 18.1 Å². The van der Waals surface area contributed by atoms with Gasteiger partial charge in [0.15, 0.2) is 8.32 Å². The Morgan fingerprint density at radius 2 is 2.00 bits per heavy atom. The van der Waals surface area contributed by atoms with Crippen molar-refractivity contribution in [1.29, 1.82) is 0 Å². The van der Waals surface area contributed by atoms with Gasteiger partial charge in [0, 0.05) is 18.7 Å². The number of pyridine rings is 1. The van der Waals surface area contributed by atoms with Gasteiger partial charge in [-0.1, -0.05) is 19.9 Å². The maximum Gasteiger partial charge on any atom is 0.213 e. The van der Waals surface area contributed by atoms with Gasteiger partial charge in [-0.15, -0.1) is 0 Å². The molecule has 1 heterocycles. The summed E-state index contributed by atoms with van der Waals surface area (Å²) in [6.07, 6.45) is 5.11. The summed E-state index contributed by atoms with van der Waals surface area (Å²) in [4.78, 5) is 25.5. The van der Waals surface area contributed by atoms with Crippen molar-refractivity contribution >= 4 is 14.1 Å². The van der Waals surface area contributed by atoms with Crippen molar-refractivity contribution in [2.24, 2.45) is 0 Å². The molecule has 0 fully saturated rings. The van der Waals surface area contributed by atoms with E-state index in [-0.39, 0.29) is 10.8 Å². The number of hydrogen-bond acceptors (Lipinski definition) is 4. The van der Waals surface area contributed by atoms with Gasteiger partial charge in [0.25, 0.3) is 0 Å². The third-order valence-electron chi connectivity index (χ3n) is 4.35. The fraction of sp³-hybridized carbons (Fsp3) is 0.647. The number of rotatable bonds is 9. The summed E-state index contributed by atoms with van der Waals surface area (Å²) < 4.78 is 5.62. The fourth-order valence-electron chi connectivity index (χ4n) is 2.04. The maximum absolute atomic E-state index is 11.0. The molecule has 0 saturated heterocycles. The molecule has 0 unspecified atom stereocenters. The Labute approximate surface area is 135 Å². The molecule has 0 radical (unpaired) electrons. The van der Waals surface area contributed by atoms with Crippen molar-refractivity contribution in [2.75, 3.05) is 6.61 Å². The van der Waals surface area contributed by atoms with Crippen LogP contribution >= 0.6 is 0 Å². The second kappa shape index (κ2) is 7.88. The minimum atomic E-state index is -2.11. The molecule has 1 N–H and O–H groups in total. The van der Waals surface area contributed by atoms with E-state index in [9.17, 15) is 9.59 Å². The van der Waals surface area contributed by atoms with Gasteiger partial charge < -0.3 is 9.53 Å². The molecule has 124 valence electrons. The van der Waals surface area contributed by atoms with Crippen LogP contribution in [0.25, 0.3) is 0 Å². The number of carbonyl (C=O) groups excluding carboxylic acids is 1. The third-order valence-corrected chi connectivity index (χ3v) is 7.92. The molecule has 0 aliphatic carbocycles. The van der Waals surface area contributed by atoms with Crippen LogP contribution in [0, 0.1) is 0 Å². The number of carbonyl (C=O) groups is 1. The molecule has 0 aliphatic heterocycles. The van der Waals surface area contributed by atoms with E-state index in [1.165, 1.54) is 0 Å². The topological polar surface area (TPSA) is 59.4 Å². The van der Waals surface area contributed by atoms with E-state index in [1.807, 2.05) is 25.2 Å². The van der Waals surface area contributed by atoms with Gasteiger partial charge >= 0.3 is 0 Å². The van der Waals surface area contributed by atoms with Crippen LogP contribution in [-0.2, 0) is 11.2 Å². The molecule has 4 nitrogen and oxygen atoms in total. The van der Waals surface area contributed by atoms with Crippen molar-refractivity contribution in [1.82, 2.24) is 4.98 Å². The number of ether oxygens (including phenoxy) is 1. The van der Waals surface area contributed by atoms with E-state index >= 15 is 0 Å². The summed E-state index contributed by atoms with van der Waals surface area (Å²) in [7, 11) is -2.11. The lowest BCUT2D eigenvalue weighted by Gasteiger charge is -2.35. The third kappa shape index (κ3) is 6.28. The number of nitrogens with zero attached hydrogens (tertiary/aromatic N) is 1.